The van der Waals surface area contributed by atoms with Crippen LogP contribution in [0.5, 0.6) is 0 Å². The van der Waals surface area contributed by atoms with E-state index < -0.39 is 42.4 Å². The number of hydrogen-bond donors (Lipinski definition) is 2. The van der Waals surface area contributed by atoms with E-state index in [1.165, 1.54) is 19.6 Å². The average Bonchev–Trinajstić information content (AvgIpc) is 3.40. The highest BCUT2D eigenvalue weighted by molar-refractivity contribution is 8.13. The number of alkyl halides is 1. The number of halogens is 1. The highest BCUT2D eigenvalue weighted by Gasteiger charge is 2.46. The van der Waals surface area contributed by atoms with E-state index >= 15 is 0 Å². The molecule has 1 saturated heterocycles. The summed E-state index contributed by atoms with van der Waals surface area (Å²) in [5.41, 5.74) is 6.26. The number of rotatable bonds is 12. The number of nitrogens with zero attached hydrogens (tertiary/aromatic N) is 4. The van der Waals surface area contributed by atoms with Crippen molar-refractivity contribution in [3.8, 4) is 0 Å². The lowest BCUT2D eigenvalue weighted by Crippen LogP contribution is -2.36. The molecule has 1 fully saturated rings. The molecule has 2 aromatic rings. The molecule has 40 heavy (non-hydrogen) atoms. The van der Waals surface area contributed by atoms with Crippen molar-refractivity contribution in [3.63, 3.8) is 0 Å². The normalized spacial score (nSPS) is 23.8. The molecule has 0 bridgehead atoms. The first-order valence-electron chi connectivity index (χ1n) is 12.8. The molecule has 2 unspecified atom stereocenters. The Morgan fingerprint density at radius 2 is 2.00 bits per heavy atom. The average molecular weight is 621 g/mol. The monoisotopic (exact) mass is 620 g/mol. The van der Waals surface area contributed by atoms with Gasteiger partial charge >= 0.3 is 13.7 Å². The van der Waals surface area contributed by atoms with Crippen LogP contribution in [0, 0.1) is 5.41 Å². The summed E-state index contributed by atoms with van der Waals surface area (Å²) in [6, 6.07) is -0.991. The Labute approximate surface area is 243 Å². The van der Waals surface area contributed by atoms with Crippen LogP contribution < -0.4 is 10.8 Å². The Balaban J connectivity index is 1.69. The molecule has 3 N–H and O–H groups in total. The minimum absolute atomic E-state index is 0.0282. The van der Waals surface area contributed by atoms with Crippen LogP contribution in [0.4, 0.5) is 5.82 Å². The number of esters is 1. The molecule has 0 radical (unpaired) electrons. The maximum absolute atomic E-state index is 13.7. The summed E-state index contributed by atoms with van der Waals surface area (Å²) in [7, 11) is -4.05. The number of hydrogen-bond acceptors (Lipinski definition) is 12. The van der Waals surface area contributed by atoms with Crippen molar-refractivity contribution in [1.82, 2.24) is 24.6 Å². The number of carbonyl (C=O) groups excluding carboxylic acids is 2. The number of nitrogen functional groups attached to an aromatic ring is 1. The summed E-state index contributed by atoms with van der Waals surface area (Å²) in [4.78, 5) is 36.2. The molecule has 3 rings (SSSR count). The fourth-order valence-corrected chi connectivity index (χ4v) is 6.57. The number of aromatic nitrogens is 4. The van der Waals surface area contributed by atoms with E-state index in [4.69, 9.17) is 35.9 Å². The summed E-state index contributed by atoms with van der Waals surface area (Å²) >= 11 is 7.91. The Kier molecular flexibility index (Phi) is 10.6. The van der Waals surface area contributed by atoms with Gasteiger partial charge in [0.1, 0.15) is 17.9 Å². The zero-order valence-electron chi connectivity index (χ0n) is 23.7. The van der Waals surface area contributed by atoms with E-state index in [1.54, 1.807) is 25.3 Å². The van der Waals surface area contributed by atoms with Crippen LogP contribution in [0.15, 0.2) is 12.7 Å². The summed E-state index contributed by atoms with van der Waals surface area (Å²) in [6.07, 6.45) is 1.56. The van der Waals surface area contributed by atoms with Gasteiger partial charge in [-0.05, 0) is 34.1 Å². The third-order valence-electron chi connectivity index (χ3n) is 5.78. The van der Waals surface area contributed by atoms with E-state index in [0.29, 0.717) is 17.6 Å². The second kappa shape index (κ2) is 13.0. The Morgan fingerprint density at radius 3 is 2.65 bits per heavy atom. The van der Waals surface area contributed by atoms with Crippen molar-refractivity contribution in [1.29, 1.82) is 0 Å². The third kappa shape index (κ3) is 8.37. The van der Waals surface area contributed by atoms with Gasteiger partial charge in [0.15, 0.2) is 22.8 Å². The quantitative estimate of drug-likeness (QED) is 0.151. The van der Waals surface area contributed by atoms with Gasteiger partial charge in [-0.2, -0.15) is 0 Å². The highest BCUT2D eigenvalue weighted by atomic mass is 35.5. The van der Waals surface area contributed by atoms with Gasteiger partial charge in [-0.15, -0.1) is 11.6 Å². The third-order valence-corrected chi connectivity index (χ3v) is 9.08. The molecule has 3 heterocycles. The SMILES string of the molecule is CC(C)OC(=O)[C@@H](C)NP(=O)(OCCSC(=O)C(C)(C)C)OCC1C[C@@](C)(Cl)[C@H](n2cnc3c(N)ncnc32)O1. The molecule has 13 nitrogen and oxygen atoms in total. The predicted molar refractivity (Wildman–Crippen MR) is 153 cm³/mol. The maximum atomic E-state index is 13.7. The molecule has 1 aliphatic heterocycles. The molecular weight excluding hydrogens is 583 g/mol. The number of nitrogens with two attached hydrogens (primary N) is 1. The molecule has 1 aliphatic rings. The van der Waals surface area contributed by atoms with Crippen LogP contribution in [0.1, 0.15) is 61.1 Å². The fourth-order valence-electron chi connectivity index (χ4n) is 3.84. The van der Waals surface area contributed by atoms with Crippen molar-refractivity contribution in [2.75, 3.05) is 24.7 Å². The first-order chi connectivity index (χ1) is 18.5. The Hall–Kier alpha value is -1.80. The Bertz CT molecular complexity index is 1250. The smallest absolute Gasteiger partial charge is 0.406 e. The minimum atomic E-state index is -4.05. The lowest BCUT2D eigenvalue weighted by atomic mass is 10.00. The maximum Gasteiger partial charge on any atom is 0.406 e. The lowest BCUT2D eigenvalue weighted by molar-refractivity contribution is -0.149. The largest absolute Gasteiger partial charge is 0.462 e. The molecule has 16 heteroatoms. The standard InChI is InChI=1S/C24H38ClN6O7PS/c1-14(2)37-20(32)15(3)30-39(34,35-8-9-40-22(33)23(4,5)6)36-11-16-10-24(7,25)21(38-16)31-13-29-17-18(26)27-12-28-19(17)31/h12-16,21H,8-11H2,1-7H3,(H,30,34)(H2,26,27,28)/t15-,16?,21-,24-,39?/m1/s1. The van der Waals surface area contributed by atoms with Gasteiger partial charge in [0.05, 0.1) is 36.6 Å². The van der Waals surface area contributed by atoms with Crippen LogP contribution in [0.3, 0.4) is 0 Å². The second-order valence-electron chi connectivity index (χ2n) is 11.0. The molecule has 0 spiro atoms. The Morgan fingerprint density at radius 1 is 1.30 bits per heavy atom. The van der Waals surface area contributed by atoms with Crippen molar-refractivity contribution < 1.29 is 32.7 Å². The van der Waals surface area contributed by atoms with Crippen LogP contribution in [0.2, 0.25) is 0 Å². The molecule has 0 aromatic carbocycles. The van der Waals surface area contributed by atoms with Crippen LogP contribution in [-0.2, 0) is 32.7 Å². The number of imidazole rings is 1. The molecule has 224 valence electrons. The van der Waals surface area contributed by atoms with Gasteiger partial charge in [-0.25, -0.2) is 24.6 Å². The van der Waals surface area contributed by atoms with Crippen molar-refractivity contribution in [2.24, 2.45) is 5.41 Å². The fraction of sp³-hybridized carbons (Fsp3) is 0.708. The van der Waals surface area contributed by atoms with Crippen LogP contribution in [-0.4, -0.2) is 72.7 Å². The molecular formula is C24H38ClN6O7PS. The van der Waals surface area contributed by atoms with Gasteiger partial charge in [0.2, 0.25) is 0 Å². The van der Waals surface area contributed by atoms with E-state index in [0.717, 1.165) is 11.8 Å². The molecule has 0 aliphatic carbocycles. The van der Waals surface area contributed by atoms with Gasteiger partial charge in [-0.1, -0.05) is 32.5 Å². The summed E-state index contributed by atoms with van der Waals surface area (Å²) in [6.45, 7) is 11.9. The first kappa shape index (κ1) is 32.7. The predicted octanol–water partition coefficient (Wildman–Crippen LogP) is 4.07. The minimum Gasteiger partial charge on any atom is -0.462 e. The highest BCUT2D eigenvalue weighted by Crippen LogP contribution is 2.48. The van der Waals surface area contributed by atoms with E-state index in [9.17, 15) is 14.2 Å². The van der Waals surface area contributed by atoms with E-state index in [2.05, 4.69) is 20.0 Å². The van der Waals surface area contributed by atoms with Crippen molar-refractivity contribution >= 4 is 59.2 Å². The molecule has 0 saturated carbocycles. The topological polar surface area (TPSA) is 170 Å². The molecule has 5 atom stereocenters. The van der Waals surface area contributed by atoms with E-state index in [1.807, 2.05) is 20.8 Å². The van der Waals surface area contributed by atoms with Crippen molar-refractivity contribution in [2.45, 2.75) is 84.2 Å². The van der Waals surface area contributed by atoms with Gasteiger partial charge < -0.3 is 15.2 Å². The number of anilines is 1. The summed E-state index contributed by atoms with van der Waals surface area (Å²) in [5, 5.41) is 2.61. The molecule has 0 amide bonds. The second-order valence-corrected chi connectivity index (χ2v) is 14.7. The zero-order valence-corrected chi connectivity index (χ0v) is 26.2. The number of nitrogens with one attached hydrogen (secondary N) is 1. The number of carbonyl (C=O) groups is 2. The van der Waals surface area contributed by atoms with Crippen LogP contribution in [0.25, 0.3) is 11.2 Å². The summed E-state index contributed by atoms with van der Waals surface area (Å²) in [5.74, 6) is -0.135. The lowest BCUT2D eigenvalue weighted by Gasteiger charge is -2.24. The van der Waals surface area contributed by atoms with Crippen molar-refractivity contribution in [3.05, 3.63) is 12.7 Å². The zero-order chi connectivity index (χ0) is 29.9. The number of ether oxygens (including phenoxy) is 2. The summed E-state index contributed by atoms with van der Waals surface area (Å²) < 4.78 is 38.1. The van der Waals surface area contributed by atoms with Gasteiger partial charge in [-0.3, -0.25) is 23.2 Å². The van der Waals surface area contributed by atoms with Gasteiger partial charge in [0.25, 0.3) is 0 Å². The molecule has 2 aromatic heterocycles. The van der Waals surface area contributed by atoms with Crippen LogP contribution >= 0.6 is 31.1 Å². The van der Waals surface area contributed by atoms with E-state index in [-0.39, 0.29) is 36.0 Å². The first-order valence-corrected chi connectivity index (χ1v) is 15.7. The number of thioether (sulfide) groups is 1. The number of fused-ring (bicyclic) bond motifs is 1. The van der Waals surface area contributed by atoms with Gasteiger partial charge in [0, 0.05) is 11.2 Å².